The van der Waals surface area contributed by atoms with Crippen LogP contribution in [0.1, 0.15) is 11.1 Å². The number of pyridine rings is 2. The Labute approximate surface area is 160 Å². The molecular formula is C18H20F2N6O2. The van der Waals surface area contributed by atoms with Crippen molar-refractivity contribution in [3.05, 3.63) is 41.9 Å². The summed E-state index contributed by atoms with van der Waals surface area (Å²) in [5.41, 5.74) is 2.18. The van der Waals surface area contributed by atoms with E-state index in [2.05, 4.69) is 20.4 Å². The Hall–Kier alpha value is -3.30. The highest BCUT2D eigenvalue weighted by molar-refractivity contribution is 5.98. The Morgan fingerprint density at radius 2 is 2.14 bits per heavy atom. The van der Waals surface area contributed by atoms with Crippen molar-refractivity contribution >= 4 is 22.8 Å². The predicted octanol–water partition coefficient (Wildman–Crippen LogP) is 2.92. The normalized spacial score (nSPS) is 11.1. The monoisotopic (exact) mass is 390 g/mol. The van der Waals surface area contributed by atoms with Gasteiger partial charge in [-0.15, -0.1) is 0 Å². The Morgan fingerprint density at radius 3 is 2.82 bits per heavy atom. The second-order valence-electron chi connectivity index (χ2n) is 6.41. The van der Waals surface area contributed by atoms with E-state index in [-0.39, 0.29) is 11.9 Å². The van der Waals surface area contributed by atoms with Gasteiger partial charge in [0.2, 0.25) is 5.88 Å². The zero-order chi connectivity index (χ0) is 20.3. The maximum atomic E-state index is 12.3. The van der Waals surface area contributed by atoms with E-state index in [9.17, 15) is 13.6 Å². The van der Waals surface area contributed by atoms with Crippen LogP contribution in [0.2, 0.25) is 0 Å². The summed E-state index contributed by atoms with van der Waals surface area (Å²) in [7, 11) is 3.28. The van der Waals surface area contributed by atoms with Crippen LogP contribution in [-0.4, -0.2) is 57.8 Å². The van der Waals surface area contributed by atoms with Gasteiger partial charge in [-0.3, -0.25) is 10.00 Å². The van der Waals surface area contributed by atoms with Crippen molar-refractivity contribution < 1.29 is 18.3 Å². The first-order chi connectivity index (χ1) is 13.3. The summed E-state index contributed by atoms with van der Waals surface area (Å²) in [6.07, 6.45) is 2.37. The maximum absolute atomic E-state index is 12.3. The van der Waals surface area contributed by atoms with Gasteiger partial charge in [-0.2, -0.15) is 5.10 Å². The quantitative estimate of drug-likeness (QED) is 0.700. The molecule has 8 nitrogen and oxygen atoms in total. The van der Waals surface area contributed by atoms with Crippen molar-refractivity contribution in [2.45, 2.75) is 19.9 Å². The second-order valence-corrected chi connectivity index (χ2v) is 6.41. The summed E-state index contributed by atoms with van der Waals surface area (Å²) in [5, 5.41) is 7.93. The molecule has 2 amide bonds. The van der Waals surface area contributed by atoms with E-state index in [1.54, 1.807) is 50.4 Å². The van der Waals surface area contributed by atoms with Crippen LogP contribution in [0.25, 0.3) is 10.9 Å². The van der Waals surface area contributed by atoms with Crippen LogP contribution < -0.4 is 10.1 Å². The summed E-state index contributed by atoms with van der Waals surface area (Å²) in [6, 6.07) is 3.28. The van der Waals surface area contributed by atoms with E-state index in [1.165, 1.54) is 4.90 Å². The predicted molar refractivity (Wildman–Crippen MR) is 99.8 cm³/mol. The molecule has 0 atom stereocenters. The number of amides is 2. The lowest BCUT2D eigenvalue weighted by molar-refractivity contribution is 0.0792. The number of aryl methyl sites for hydroxylation is 1. The summed E-state index contributed by atoms with van der Waals surface area (Å²) < 4.78 is 31.2. The number of nitrogens with one attached hydrogen (secondary N) is 1. The molecule has 0 saturated heterocycles. The van der Waals surface area contributed by atoms with Gasteiger partial charge in [-0.1, -0.05) is 0 Å². The molecule has 0 spiro atoms. The number of carbonyl (C=O) groups is 1. The van der Waals surface area contributed by atoms with Gasteiger partial charge in [0.1, 0.15) is 5.82 Å². The fraction of sp³-hybridized carbons (Fsp3) is 0.333. The minimum absolute atomic E-state index is 0.188. The molecule has 0 aliphatic heterocycles. The topological polar surface area (TPSA) is 85.2 Å². The molecule has 3 aromatic rings. The van der Waals surface area contributed by atoms with Gasteiger partial charge >= 0.3 is 6.03 Å². The number of hydrogen-bond acceptors (Lipinski definition) is 5. The number of alkyl halides is 2. The van der Waals surface area contributed by atoms with Crippen molar-refractivity contribution in [3.63, 3.8) is 0 Å². The molecule has 0 aliphatic carbocycles. The Morgan fingerprint density at radius 1 is 1.36 bits per heavy atom. The van der Waals surface area contributed by atoms with Gasteiger partial charge in [-0.25, -0.2) is 23.5 Å². The van der Waals surface area contributed by atoms with Crippen LogP contribution in [0.15, 0.2) is 30.7 Å². The van der Waals surface area contributed by atoms with E-state index >= 15 is 0 Å². The lowest BCUT2D eigenvalue weighted by atomic mass is 10.2. The van der Waals surface area contributed by atoms with Gasteiger partial charge in [0, 0.05) is 38.2 Å². The Balaban J connectivity index is 1.79. The van der Waals surface area contributed by atoms with Gasteiger partial charge < -0.3 is 9.64 Å². The molecule has 10 heteroatoms. The van der Waals surface area contributed by atoms with E-state index in [1.807, 2.05) is 6.07 Å². The fourth-order valence-corrected chi connectivity index (χ4v) is 2.57. The molecule has 0 aromatic carbocycles. The Bertz CT molecular complexity index is 989. The molecule has 148 valence electrons. The minimum atomic E-state index is -2.55. The molecule has 3 aromatic heterocycles. The molecule has 0 fully saturated rings. The van der Waals surface area contributed by atoms with Crippen LogP contribution in [0.4, 0.5) is 19.4 Å². The SMILES string of the molecule is Cc1cc(Cn2cc3c(NC(=O)N(C)C)nccc3n2)cnc1OCC(F)F. The summed E-state index contributed by atoms with van der Waals surface area (Å²) in [5.74, 6) is 0.611. The second kappa shape index (κ2) is 8.15. The molecular weight excluding hydrogens is 370 g/mol. The Kier molecular flexibility index (Phi) is 5.67. The smallest absolute Gasteiger partial charge is 0.322 e. The number of aromatic nitrogens is 4. The standard InChI is InChI=1S/C18H20F2N6O2/c1-11-6-12(7-22-17(11)28-10-15(19)20)8-26-9-13-14(24-26)4-5-21-16(13)23-18(27)25(2)3/h4-7,9,15H,8,10H2,1-3H3,(H,21,23,27). The maximum Gasteiger partial charge on any atom is 0.322 e. The van der Waals surface area contributed by atoms with Crippen LogP contribution in [0.3, 0.4) is 0 Å². The lowest BCUT2D eigenvalue weighted by Crippen LogP contribution is -2.27. The van der Waals surface area contributed by atoms with Gasteiger partial charge in [-0.05, 0) is 24.6 Å². The van der Waals surface area contributed by atoms with Crippen LogP contribution >= 0.6 is 0 Å². The molecule has 3 heterocycles. The summed E-state index contributed by atoms with van der Waals surface area (Å²) in [4.78, 5) is 21.6. The highest BCUT2D eigenvalue weighted by Crippen LogP contribution is 2.21. The number of carbonyl (C=O) groups excluding carboxylic acids is 1. The number of anilines is 1. The fourth-order valence-electron chi connectivity index (χ4n) is 2.57. The molecule has 1 N–H and O–H groups in total. The van der Waals surface area contributed by atoms with E-state index in [0.29, 0.717) is 28.8 Å². The third-order valence-electron chi connectivity index (χ3n) is 3.89. The van der Waals surface area contributed by atoms with Crippen LogP contribution in [0.5, 0.6) is 5.88 Å². The molecule has 0 saturated carbocycles. The zero-order valence-corrected chi connectivity index (χ0v) is 15.7. The number of ether oxygens (including phenoxy) is 1. The van der Waals surface area contributed by atoms with Gasteiger partial charge in [0.05, 0.1) is 17.4 Å². The number of halogens is 2. The molecule has 0 bridgehead atoms. The number of fused-ring (bicyclic) bond motifs is 1. The molecule has 3 rings (SSSR count). The van der Waals surface area contributed by atoms with Crippen LogP contribution in [-0.2, 0) is 6.54 Å². The summed E-state index contributed by atoms with van der Waals surface area (Å²) >= 11 is 0. The van der Waals surface area contributed by atoms with E-state index < -0.39 is 13.0 Å². The highest BCUT2D eigenvalue weighted by Gasteiger charge is 2.12. The average molecular weight is 390 g/mol. The van der Waals surface area contributed by atoms with Crippen LogP contribution in [0, 0.1) is 6.92 Å². The highest BCUT2D eigenvalue weighted by atomic mass is 19.3. The third kappa shape index (κ3) is 4.51. The molecule has 0 aliphatic rings. The molecule has 28 heavy (non-hydrogen) atoms. The number of rotatable bonds is 6. The summed E-state index contributed by atoms with van der Waals surface area (Å²) in [6.45, 7) is 1.47. The third-order valence-corrected chi connectivity index (χ3v) is 3.89. The molecule has 0 radical (unpaired) electrons. The zero-order valence-electron chi connectivity index (χ0n) is 15.7. The molecule has 0 unspecified atom stereocenters. The lowest BCUT2D eigenvalue weighted by Gasteiger charge is -2.11. The van der Waals surface area contributed by atoms with Crippen molar-refractivity contribution in [3.8, 4) is 5.88 Å². The number of urea groups is 1. The van der Waals surface area contributed by atoms with Crippen molar-refractivity contribution in [1.82, 2.24) is 24.6 Å². The minimum Gasteiger partial charge on any atom is -0.471 e. The largest absolute Gasteiger partial charge is 0.471 e. The van der Waals surface area contributed by atoms with Crippen molar-refractivity contribution in [1.29, 1.82) is 0 Å². The van der Waals surface area contributed by atoms with Gasteiger partial charge in [0.15, 0.2) is 6.61 Å². The first-order valence-electron chi connectivity index (χ1n) is 8.50. The van der Waals surface area contributed by atoms with Crippen molar-refractivity contribution in [2.75, 3.05) is 26.0 Å². The number of nitrogens with zero attached hydrogens (tertiary/aromatic N) is 5. The first-order valence-corrected chi connectivity index (χ1v) is 8.50. The van der Waals surface area contributed by atoms with Gasteiger partial charge in [0.25, 0.3) is 6.43 Å². The average Bonchev–Trinajstić information content (AvgIpc) is 3.04. The number of hydrogen-bond donors (Lipinski definition) is 1. The first kappa shape index (κ1) is 19.5. The van der Waals surface area contributed by atoms with E-state index in [0.717, 1.165) is 5.56 Å². The van der Waals surface area contributed by atoms with E-state index in [4.69, 9.17) is 4.74 Å². The van der Waals surface area contributed by atoms with Crippen molar-refractivity contribution in [2.24, 2.45) is 0 Å².